The van der Waals surface area contributed by atoms with Crippen molar-refractivity contribution in [3.63, 3.8) is 0 Å². The van der Waals surface area contributed by atoms with E-state index in [1.165, 1.54) is 37.3 Å². The third-order valence-corrected chi connectivity index (χ3v) is 9.48. The van der Waals surface area contributed by atoms with Crippen LogP contribution in [0.4, 0.5) is 10.8 Å². The van der Waals surface area contributed by atoms with Crippen LogP contribution in [0.25, 0.3) is 0 Å². The zero-order valence-electron chi connectivity index (χ0n) is 22.4. The number of carbonyl (C=O) groups excluding carboxylic acids is 2. The van der Waals surface area contributed by atoms with Gasteiger partial charge in [0.15, 0.2) is 21.6 Å². The number of nitriles is 1. The Hall–Kier alpha value is -3.76. The number of nitrogens with one attached hydrogen (secondary N) is 1. The van der Waals surface area contributed by atoms with Crippen LogP contribution in [0.3, 0.4) is 0 Å². The summed E-state index contributed by atoms with van der Waals surface area (Å²) >= 11 is 15.5. The van der Waals surface area contributed by atoms with Gasteiger partial charge in [-0.1, -0.05) is 52.4 Å². The van der Waals surface area contributed by atoms with Crippen molar-refractivity contribution in [2.75, 3.05) is 30.2 Å². The maximum atomic E-state index is 13.3. The first-order valence-corrected chi connectivity index (χ1v) is 15.2. The number of Topliss-reactive ketones (excluding diaryl/α,β-unsaturated/α-hetero) is 1. The monoisotopic (exact) mass is 642 g/mol. The molecule has 5 rings (SSSR count). The fourth-order valence-corrected chi connectivity index (χ4v) is 7.27. The molecule has 0 bridgehead atoms. The first kappa shape index (κ1) is 29.7. The first-order valence-electron chi connectivity index (χ1n) is 12.7. The van der Waals surface area contributed by atoms with Gasteiger partial charge in [0, 0.05) is 45.1 Å². The number of ether oxygens (including phenoxy) is 2. The number of anilines is 2. The van der Waals surface area contributed by atoms with Gasteiger partial charge in [-0.3, -0.25) is 14.5 Å². The van der Waals surface area contributed by atoms with Gasteiger partial charge in [0.05, 0.1) is 37.5 Å². The van der Waals surface area contributed by atoms with Gasteiger partial charge in [0.2, 0.25) is 11.0 Å². The lowest BCUT2D eigenvalue weighted by Gasteiger charge is -2.38. The van der Waals surface area contributed by atoms with E-state index in [2.05, 4.69) is 21.6 Å². The molecule has 1 aliphatic carbocycles. The number of allylic oxidation sites excluding steroid dienone is 3. The van der Waals surface area contributed by atoms with Crippen LogP contribution in [0.5, 0.6) is 11.5 Å². The number of rotatable bonds is 8. The Balaban J connectivity index is 1.40. The molecule has 0 radical (unpaired) electrons. The average molecular weight is 644 g/mol. The average Bonchev–Trinajstić information content (AvgIpc) is 3.44. The van der Waals surface area contributed by atoms with Crippen LogP contribution in [0.15, 0.2) is 63.4 Å². The number of hydrogen-bond acceptors (Lipinski definition) is 11. The second kappa shape index (κ2) is 12.6. The van der Waals surface area contributed by atoms with Crippen molar-refractivity contribution in [3.8, 4) is 17.6 Å². The molecule has 216 valence electrons. The van der Waals surface area contributed by atoms with E-state index < -0.39 is 5.92 Å². The van der Waals surface area contributed by atoms with Crippen LogP contribution in [0, 0.1) is 11.3 Å². The van der Waals surface area contributed by atoms with Gasteiger partial charge in [0.1, 0.15) is 5.82 Å². The summed E-state index contributed by atoms with van der Waals surface area (Å²) in [5.41, 5.74) is 8.86. The van der Waals surface area contributed by atoms with Crippen molar-refractivity contribution >= 4 is 68.8 Å². The minimum absolute atomic E-state index is 0.0667. The zero-order chi connectivity index (χ0) is 30.0. The summed E-state index contributed by atoms with van der Waals surface area (Å²) in [7, 11) is 3.05. The van der Waals surface area contributed by atoms with Gasteiger partial charge in [0.25, 0.3) is 0 Å². The molecule has 0 saturated heterocycles. The molecule has 42 heavy (non-hydrogen) atoms. The SMILES string of the molecule is COc1ccc(NC(=O)CSc2nnc(N3C(N)=C(C#N)C(c4c(Cl)cccc4Cl)C4=C3CCCC4=O)s2)cc1OC. The molecule has 10 nitrogen and oxygen atoms in total. The molecule has 0 fully saturated rings. The highest BCUT2D eigenvalue weighted by molar-refractivity contribution is 8.01. The maximum absolute atomic E-state index is 13.3. The normalized spacial score (nSPS) is 16.7. The van der Waals surface area contributed by atoms with E-state index >= 15 is 0 Å². The summed E-state index contributed by atoms with van der Waals surface area (Å²) in [4.78, 5) is 27.6. The molecule has 0 spiro atoms. The number of ketones is 1. The van der Waals surface area contributed by atoms with Gasteiger partial charge < -0.3 is 20.5 Å². The van der Waals surface area contributed by atoms with Gasteiger partial charge in [-0.25, -0.2) is 0 Å². The van der Waals surface area contributed by atoms with Crippen LogP contribution in [0.1, 0.15) is 30.7 Å². The molecule has 1 unspecified atom stereocenters. The van der Waals surface area contributed by atoms with Crippen molar-refractivity contribution in [2.45, 2.75) is 29.5 Å². The molecule has 1 aromatic heterocycles. The fraction of sp³-hybridized carbons (Fsp3) is 0.250. The van der Waals surface area contributed by atoms with Crippen LogP contribution in [-0.2, 0) is 9.59 Å². The predicted molar refractivity (Wildman–Crippen MR) is 163 cm³/mol. The van der Waals surface area contributed by atoms with Crippen LogP contribution >= 0.6 is 46.3 Å². The highest BCUT2D eigenvalue weighted by atomic mass is 35.5. The molecular formula is C28H24Cl2N6O4S2. The quantitative estimate of drug-likeness (QED) is 0.285. The number of halogens is 2. The number of nitrogens with two attached hydrogens (primary N) is 1. The molecule has 2 heterocycles. The number of thioether (sulfide) groups is 1. The van der Waals surface area contributed by atoms with Crippen molar-refractivity contribution in [2.24, 2.45) is 5.73 Å². The minimum atomic E-state index is -0.794. The van der Waals surface area contributed by atoms with Crippen molar-refractivity contribution in [1.29, 1.82) is 5.26 Å². The van der Waals surface area contributed by atoms with Gasteiger partial charge in [-0.2, -0.15) is 5.26 Å². The number of nitrogens with zero attached hydrogens (tertiary/aromatic N) is 4. The topological polar surface area (TPSA) is 143 Å². The molecule has 0 saturated carbocycles. The van der Waals surface area contributed by atoms with Gasteiger partial charge in [-0.05, 0) is 37.1 Å². The summed E-state index contributed by atoms with van der Waals surface area (Å²) in [6, 6.07) is 12.3. The Kier molecular flexibility index (Phi) is 8.93. The summed E-state index contributed by atoms with van der Waals surface area (Å²) in [6.45, 7) is 0. The second-order valence-corrected chi connectivity index (χ2v) is 12.2. The smallest absolute Gasteiger partial charge is 0.234 e. The van der Waals surface area contributed by atoms with Crippen molar-refractivity contribution < 1.29 is 19.1 Å². The predicted octanol–water partition coefficient (Wildman–Crippen LogP) is 5.90. The Morgan fingerprint density at radius 1 is 1.19 bits per heavy atom. The molecule has 1 amide bonds. The number of hydrogen-bond donors (Lipinski definition) is 2. The lowest BCUT2D eigenvalue weighted by molar-refractivity contribution is -0.116. The highest BCUT2D eigenvalue weighted by Gasteiger charge is 2.42. The van der Waals surface area contributed by atoms with E-state index in [4.69, 9.17) is 38.4 Å². The number of methoxy groups -OCH3 is 2. The number of aromatic nitrogens is 2. The Morgan fingerprint density at radius 2 is 1.93 bits per heavy atom. The molecule has 3 N–H and O–H groups in total. The van der Waals surface area contributed by atoms with Gasteiger partial charge in [-0.15, -0.1) is 10.2 Å². The van der Waals surface area contributed by atoms with E-state index in [1.807, 2.05) is 0 Å². The van der Waals surface area contributed by atoms with E-state index in [9.17, 15) is 14.9 Å². The molecule has 2 aliphatic rings. The Labute approximate surface area is 260 Å². The van der Waals surface area contributed by atoms with E-state index in [1.54, 1.807) is 41.3 Å². The molecular weight excluding hydrogens is 619 g/mol. The van der Waals surface area contributed by atoms with E-state index in [0.717, 1.165) is 0 Å². The van der Waals surface area contributed by atoms with Gasteiger partial charge >= 0.3 is 0 Å². The second-order valence-electron chi connectivity index (χ2n) is 9.21. The van der Waals surface area contributed by atoms with Crippen molar-refractivity contribution in [1.82, 2.24) is 10.2 Å². The Morgan fingerprint density at radius 3 is 2.62 bits per heavy atom. The van der Waals surface area contributed by atoms with Crippen molar-refractivity contribution in [3.05, 3.63) is 74.7 Å². The van der Waals surface area contributed by atoms with Crippen LogP contribution < -0.4 is 25.4 Å². The fourth-order valence-electron chi connectivity index (χ4n) is 4.97. The lowest BCUT2D eigenvalue weighted by atomic mass is 9.75. The number of amides is 1. The largest absolute Gasteiger partial charge is 0.493 e. The Bertz CT molecular complexity index is 1660. The van der Waals surface area contributed by atoms with Crippen LogP contribution in [-0.4, -0.2) is 41.9 Å². The summed E-state index contributed by atoms with van der Waals surface area (Å²) in [6.07, 6.45) is 1.48. The number of carbonyl (C=O) groups is 2. The standard InChI is InChI=1S/C28H24Cl2N6O4S2/c1-39-20-10-9-14(11-21(20)40-2)33-22(38)13-41-28-35-34-27(42-28)36-18-7-4-8-19(37)25(18)23(15(12-31)26(36)32)24-16(29)5-3-6-17(24)30/h3,5-6,9-11,23H,4,7-8,13,32H2,1-2H3,(H,33,38). The summed E-state index contributed by atoms with van der Waals surface area (Å²) in [5.74, 6) is 0.0923. The third kappa shape index (κ3) is 5.65. The summed E-state index contributed by atoms with van der Waals surface area (Å²) in [5, 5.41) is 22.6. The van der Waals surface area contributed by atoms with E-state index in [0.29, 0.717) is 72.8 Å². The molecule has 1 atom stereocenters. The third-order valence-electron chi connectivity index (χ3n) is 6.78. The first-order chi connectivity index (χ1) is 20.3. The number of benzene rings is 2. The van der Waals surface area contributed by atoms with Crippen LogP contribution in [0.2, 0.25) is 10.0 Å². The molecule has 3 aromatic rings. The van der Waals surface area contributed by atoms with E-state index in [-0.39, 0.29) is 28.8 Å². The molecule has 14 heteroatoms. The minimum Gasteiger partial charge on any atom is -0.493 e. The molecule has 2 aromatic carbocycles. The summed E-state index contributed by atoms with van der Waals surface area (Å²) < 4.78 is 11.0. The highest BCUT2D eigenvalue weighted by Crippen LogP contribution is 2.49. The maximum Gasteiger partial charge on any atom is 0.234 e. The zero-order valence-corrected chi connectivity index (χ0v) is 25.6. The molecule has 1 aliphatic heterocycles. The lowest BCUT2D eigenvalue weighted by Crippen LogP contribution is -2.38.